The van der Waals surface area contributed by atoms with E-state index in [9.17, 15) is 0 Å². The Morgan fingerprint density at radius 1 is 1.60 bits per heavy atom. The molecule has 0 saturated carbocycles. The van der Waals surface area contributed by atoms with Gasteiger partial charge in [0.1, 0.15) is 11.0 Å². The molecule has 1 atom stereocenters. The van der Waals surface area contributed by atoms with E-state index in [2.05, 4.69) is 17.2 Å². The Morgan fingerprint density at radius 2 is 2.33 bits per heavy atom. The monoisotopic (exact) mass is 229 g/mol. The lowest BCUT2D eigenvalue weighted by Crippen LogP contribution is -2.24. The second-order valence-corrected chi connectivity index (χ2v) is 3.70. The SMILES string of the molecule is CCC(COC)Nc1cc(N)cc(Cl)n1. The molecule has 4 nitrogen and oxygen atoms in total. The van der Waals surface area contributed by atoms with E-state index in [-0.39, 0.29) is 6.04 Å². The fourth-order valence-electron chi connectivity index (χ4n) is 1.26. The molecule has 0 aliphatic carbocycles. The van der Waals surface area contributed by atoms with Crippen LogP contribution in [0.2, 0.25) is 5.15 Å². The number of methoxy groups -OCH3 is 1. The van der Waals surface area contributed by atoms with E-state index in [1.54, 1.807) is 19.2 Å². The molecule has 0 amide bonds. The summed E-state index contributed by atoms with van der Waals surface area (Å²) in [5.74, 6) is 0.684. The summed E-state index contributed by atoms with van der Waals surface area (Å²) in [5.41, 5.74) is 6.26. The molecule has 1 unspecified atom stereocenters. The van der Waals surface area contributed by atoms with Gasteiger partial charge in [-0.05, 0) is 12.5 Å². The van der Waals surface area contributed by atoms with Crippen molar-refractivity contribution in [3.05, 3.63) is 17.3 Å². The fraction of sp³-hybridized carbons (Fsp3) is 0.500. The van der Waals surface area contributed by atoms with E-state index in [0.29, 0.717) is 23.3 Å². The first-order valence-electron chi connectivity index (χ1n) is 4.84. The third-order valence-corrected chi connectivity index (χ3v) is 2.22. The molecule has 1 rings (SSSR count). The molecule has 0 aliphatic rings. The van der Waals surface area contributed by atoms with Gasteiger partial charge in [0, 0.05) is 18.9 Å². The second-order valence-electron chi connectivity index (χ2n) is 3.31. The number of hydrogen-bond acceptors (Lipinski definition) is 4. The molecule has 0 radical (unpaired) electrons. The largest absolute Gasteiger partial charge is 0.399 e. The molecule has 0 saturated heterocycles. The summed E-state index contributed by atoms with van der Waals surface area (Å²) in [5, 5.41) is 3.60. The van der Waals surface area contributed by atoms with Gasteiger partial charge in [-0.15, -0.1) is 0 Å². The summed E-state index contributed by atoms with van der Waals surface area (Å²) < 4.78 is 5.07. The summed E-state index contributed by atoms with van der Waals surface area (Å²) in [7, 11) is 1.67. The van der Waals surface area contributed by atoms with Crippen LogP contribution >= 0.6 is 11.6 Å². The highest BCUT2D eigenvalue weighted by Gasteiger charge is 2.07. The maximum absolute atomic E-state index is 5.79. The number of nitrogens with one attached hydrogen (secondary N) is 1. The van der Waals surface area contributed by atoms with Crippen molar-refractivity contribution < 1.29 is 4.74 Å². The number of ether oxygens (including phenoxy) is 1. The zero-order valence-corrected chi connectivity index (χ0v) is 9.71. The van der Waals surface area contributed by atoms with Gasteiger partial charge in [-0.25, -0.2) is 4.98 Å². The molecule has 84 valence electrons. The lowest BCUT2D eigenvalue weighted by atomic mass is 10.2. The number of nitrogens with zero attached hydrogens (tertiary/aromatic N) is 1. The van der Waals surface area contributed by atoms with Crippen LogP contribution in [0.15, 0.2) is 12.1 Å². The van der Waals surface area contributed by atoms with Crippen LogP contribution in [0.5, 0.6) is 0 Å². The first kappa shape index (κ1) is 12.1. The van der Waals surface area contributed by atoms with Crippen molar-refractivity contribution in [1.82, 2.24) is 4.98 Å². The molecule has 1 aromatic heterocycles. The van der Waals surface area contributed by atoms with Gasteiger partial charge in [-0.2, -0.15) is 0 Å². The van der Waals surface area contributed by atoms with E-state index in [0.717, 1.165) is 6.42 Å². The number of rotatable bonds is 5. The Bertz CT molecular complexity index is 299. The summed E-state index contributed by atoms with van der Waals surface area (Å²) in [6, 6.07) is 3.59. The van der Waals surface area contributed by atoms with E-state index in [4.69, 9.17) is 22.1 Å². The summed E-state index contributed by atoms with van der Waals surface area (Å²) in [4.78, 5) is 4.12. The van der Waals surface area contributed by atoms with Gasteiger partial charge in [0.15, 0.2) is 0 Å². The summed E-state index contributed by atoms with van der Waals surface area (Å²) >= 11 is 5.79. The van der Waals surface area contributed by atoms with Crippen LogP contribution in [0.25, 0.3) is 0 Å². The third kappa shape index (κ3) is 3.93. The van der Waals surface area contributed by atoms with Crippen LogP contribution in [0.3, 0.4) is 0 Å². The zero-order valence-electron chi connectivity index (χ0n) is 8.96. The van der Waals surface area contributed by atoms with Crippen LogP contribution in [0, 0.1) is 0 Å². The average Bonchev–Trinajstić information content (AvgIpc) is 2.15. The highest BCUT2D eigenvalue weighted by molar-refractivity contribution is 6.29. The highest BCUT2D eigenvalue weighted by atomic mass is 35.5. The van der Waals surface area contributed by atoms with Crippen molar-refractivity contribution in [3.63, 3.8) is 0 Å². The Hall–Kier alpha value is -1.00. The van der Waals surface area contributed by atoms with Gasteiger partial charge in [-0.3, -0.25) is 0 Å². The minimum Gasteiger partial charge on any atom is -0.399 e. The first-order chi connectivity index (χ1) is 7.15. The molecule has 0 bridgehead atoms. The summed E-state index contributed by atoms with van der Waals surface area (Å²) in [6.07, 6.45) is 0.946. The van der Waals surface area contributed by atoms with Crippen molar-refractivity contribution in [2.24, 2.45) is 0 Å². The third-order valence-electron chi connectivity index (χ3n) is 2.03. The Kier molecular flexibility index (Phi) is 4.65. The lowest BCUT2D eigenvalue weighted by Gasteiger charge is -2.16. The van der Waals surface area contributed by atoms with Gasteiger partial charge in [0.25, 0.3) is 0 Å². The molecule has 1 heterocycles. The van der Waals surface area contributed by atoms with Gasteiger partial charge >= 0.3 is 0 Å². The second kappa shape index (κ2) is 5.78. The van der Waals surface area contributed by atoms with E-state index in [1.807, 2.05) is 0 Å². The number of hydrogen-bond donors (Lipinski definition) is 2. The number of halogens is 1. The molecule has 1 aromatic rings. The van der Waals surface area contributed by atoms with Crippen LogP contribution < -0.4 is 11.1 Å². The molecule has 5 heteroatoms. The maximum atomic E-state index is 5.79. The summed E-state index contributed by atoms with van der Waals surface area (Å²) in [6.45, 7) is 2.70. The van der Waals surface area contributed by atoms with Crippen molar-refractivity contribution in [2.45, 2.75) is 19.4 Å². The topological polar surface area (TPSA) is 60.2 Å². The zero-order chi connectivity index (χ0) is 11.3. The van der Waals surface area contributed by atoms with Crippen molar-refractivity contribution in [3.8, 4) is 0 Å². The van der Waals surface area contributed by atoms with E-state index >= 15 is 0 Å². The van der Waals surface area contributed by atoms with E-state index in [1.165, 1.54) is 0 Å². The van der Waals surface area contributed by atoms with Gasteiger partial charge in [-0.1, -0.05) is 18.5 Å². The minimum atomic E-state index is 0.223. The van der Waals surface area contributed by atoms with Crippen LogP contribution in [0.4, 0.5) is 11.5 Å². The van der Waals surface area contributed by atoms with Crippen molar-refractivity contribution in [1.29, 1.82) is 0 Å². The minimum absolute atomic E-state index is 0.223. The highest BCUT2D eigenvalue weighted by Crippen LogP contribution is 2.16. The number of aromatic nitrogens is 1. The first-order valence-corrected chi connectivity index (χ1v) is 5.22. The Balaban J connectivity index is 2.69. The number of pyridine rings is 1. The molecular weight excluding hydrogens is 214 g/mol. The number of anilines is 2. The standard InChI is InChI=1S/C10H16ClN3O/c1-3-8(6-15-2)13-10-5-7(12)4-9(11)14-10/h4-5,8H,3,6H2,1-2H3,(H3,12,13,14). The maximum Gasteiger partial charge on any atom is 0.133 e. The van der Waals surface area contributed by atoms with Crippen LogP contribution in [-0.2, 0) is 4.74 Å². The van der Waals surface area contributed by atoms with E-state index < -0.39 is 0 Å². The molecular formula is C10H16ClN3O. The van der Waals surface area contributed by atoms with Crippen LogP contribution in [-0.4, -0.2) is 24.7 Å². The fourth-order valence-corrected chi connectivity index (χ4v) is 1.48. The van der Waals surface area contributed by atoms with Crippen molar-refractivity contribution in [2.75, 3.05) is 24.8 Å². The quantitative estimate of drug-likeness (QED) is 0.760. The lowest BCUT2D eigenvalue weighted by molar-refractivity contribution is 0.184. The number of nitrogens with two attached hydrogens (primary N) is 1. The predicted molar refractivity (Wildman–Crippen MR) is 63.2 cm³/mol. The van der Waals surface area contributed by atoms with Crippen LogP contribution in [0.1, 0.15) is 13.3 Å². The molecule has 0 fully saturated rings. The molecule has 0 spiro atoms. The molecule has 3 N–H and O–H groups in total. The van der Waals surface area contributed by atoms with Crippen molar-refractivity contribution >= 4 is 23.1 Å². The van der Waals surface area contributed by atoms with Gasteiger partial charge in [0.05, 0.1) is 12.6 Å². The van der Waals surface area contributed by atoms with Gasteiger partial charge in [0.2, 0.25) is 0 Å². The smallest absolute Gasteiger partial charge is 0.133 e. The average molecular weight is 230 g/mol. The molecule has 15 heavy (non-hydrogen) atoms. The van der Waals surface area contributed by atoms with Gasteiger partial charge < -0.3 is 15.8 Å². The predicted octanol–water partition coefficient (Wildman–Crippen LogP) is 2.15. The molecule has 0 aliphatic heterocycles. The normalized spacial score (nSPS) is 12.5. The Morgan fingerprint density at radius 3 is 2.87 bits per heavy atom. The Labute approximate surface area is 94.8 Å². The molecule has 0 aromatic carbocycles. The number of nitrogen functional groups attached to an aromatic ring is 1.